The number of aromatic amines is 1. The minimum absolute atomic E-state index is 0.0231. The summed E-state index contributed by atoms with van der Waals surface area (Å²) in [6.45, 7) is 1.30. The summed E-state index contributed by atoms with van der Waals surface area (Å²) < 4.78 is 0. The number of aromatic nitrogens is 3. The topological polar surface area (TPSA) is 91.0 Å². The Bertz CT molecular complexity index is 1180. The largest absolute Gasteiger partial charge is 0.344 e. The fourth-order valence-corrected chi connectivity index (χ4v) is 4.56. The lowest BCUT2D eigenvalue weighted by molar-refractivity contribution is -0.134. The van der Waals surface area contributed by atoms with Gasteiger partial charge in [-0.2, -0.15) is 0 Å². The molecule has 0 spiro atoms. The van der Waals surface area contributed by atoms with Gasteiger partial charge in [-0.25, -0.2) is 9.97 Å². The number of amides is 2. The normalized spacial score (nSPS) is 19.2. The van der Waals surface area contributed by atoms with Gasteiger partial charge < -0.3 is 15.2 Å². The Morgan fingerprint density at radius 1 is 1.13 bits per heavy atom. The van der Waals surface area contributed by atoms with Crippen molar-refractivity contribution in [3.63, 3.8) is 0 Å². The molecule has 1 atom stereocenters. The molecule has 2 fully saturated rings. The third kappa shape index (κ3) is 3.48. The first-order chi connectivity index (χ1) is 15.2. The second-order valence-corrected chi connectivity index (χ2v) is 9.04. The van der Waals surface area contributed by atoms with Gasteiger partial charge in [0.25, 0.3) is 5.91 Å². The predicted octanol–water partition coefficient (Wildman–Crippen LogP) is 2.93. The monoisotopic (exact) mass is 415 g/mol. The van der Waals surface area contributed by atoms with E-state index in [1.165, 1.54) is 11.1 Å². The number of benzene rings is 1. The number of carbonyl (C=O) groups excluding carboxylic acids is 2. The fraction of sp³-hybridized carbons (Fsp3) is 0.417. The van der Waals surface area contributed by atoms with Gasteiger partial charge in [0, 0.05) is 25.2 Å². The molecule has 2 saturated carbocycles. The van der Waals surface area contributed by atoms with Crippen LogP contribution < -0.4 is 5.32 Å². The van der Waals surface area contributed by atoms with Crippen LogP contribution in [0.2, 0.25) is 0 Å². The molecule has 1 aliphatic heterocycles. The van der Waals surface area contributed by atoms with Crippen LogP contribution >= 0.6 is 0 Å². The molecule has 0 bridgehead atoms. The molecule has 3 aliphatic rings. The van der Waals surface area contributed by atoms with Crippen LogP contribution in [0, 0.1) is 5.92 Å². The van der Waals surface area contributed by atoms with Gasteiger partial charge >= 0.3 is 0 Å². The first-order valence-electron chi connectivity index (χ1n) is 11.2. The number of fused-ring (bicyclic) bond motifs is 2. The highest BCUT2D eigenvalue weighted by molar-refractivity contribution is 6.06. The Labute approximate surface area is 180 Å². The van der Waals surface area contributed by atoms with E-state index < -0.39 is 6.04 Å². The SMILES string of the molecule is O=C(N[C@@H](C(=O)N1CCc2ccccc2C1)C1CC1)c1c[nH]c2ncc(C3CC3)nc12. The standard InChI is InChI=1S/C24H25N5O2/c30-23(18-11-25-22-21(18)27-19(12-26-22)15-5-6-15)28-20(16-7-8-16)24(31)29-10-9-14-3-1-2-4-17(14)13-29/h1-4,11-12,15-16,20H,5-10,13H2,(H,25,26)(H,28,30)/t20-/m1/s1. The van der Waals surface area contributed by atoms with Crippen LogP contribution in [0.25, 0.3) is 11.2 Å². The van der Waals surface area contributed by atoms with Gasteiger partial charge in [-0.1, -0.05) is 24.3 Å². The molecule has 7 heteroatoms. The second-order valence-electron chi connectivity index (χ2n) is 9.04. The maximum Gasteiger partial charge on any atom is 0.255 e. The molecular weight excluding hydrogens is 390 g/mol. The summed E-state index contributed by atoms with van der Waals surface area (Å²) in [5.74, 6) is 0.448. The van der Waals surface area contributed by atoms with Crippen molar-refractivity contribution in [1.29, 1.82) is 0 Å². The minimum Gasteiger partial charge on any atom is -0.344 e. The van der Waals surface area contributed by atoms with Crippen molar-refractivity contribution >= 4 is 23.0 Å². The average molecular weight is 415 g/mol. The first kappa shape index (κ1) is 18.5. The van der Waals surface area contributed by atoms with Gasteiger partial charge in [0.1, 0.15) is 11.6 Å². The van der Waals surface area contributed by atoms with Gasteiger partial charge in [0.15, 0.2) is 5.65 Å². The number of H-pyrrole nitrogens is 1. The molecule has 2 amide bonds. The number of rotatable bonds is 5. The smallest absolute Gasteiger partial charge is 0.255 e. The van der Waals surface area contributed by atoms with E-state index >= 15 is 0 Å². The van der Waals surface area contributed by atoms with Gasteiger partial charge in [-0.05, 0) is 49.1 Å². The summed E-state index contributed by atoms with van der Waals surface area (Å²) in [7, 11) is 0. The number of hydrogen-bond acceptors (Lipinski definition) is 4. The van der Waals surface area contributed by atoms with Gasteiger partial charge in [0.2, 0.25) is 5.91 Å². The number of nitrogens with zero attached hydrogens (tertiary/aromatic N) is 3. The zero-order chi connectivity index (χ0) is 20.9. The Kier molecular flexibility index (Phi) is 4.30. The molecule has 158 valence electrons. The van der Waals surface area contributed by atoms with Crippen LogP contribution in [0.15, 0.2) is 36.7 Å². The number of nitrogens with one attached hydrogen (secondary N) is 2. The summed E-state index contributed by atoms with van der Waals surface area (Å²) in [6, 6.07) is 7.79. The third-order valence-corrected chi connectivity index (χ3v) is 6.73. The van der Waals surface area contributed by atoms with Crippen molar-refractivity contribution in [3.05, 3.63) is 59.0 Å². The molecule has 7 nitrogen and oxygen atoms in total. The summed E-state index contributed by atoms with van der Waals surface area (Å²) in [6.07, 6.45) is 8.51. The van der Waals surface area contributed by atoms with Crippen LogP contribution in [0.1, 0.15) is 58.8 Å². The van der Waals surface area contributed by atoms with Crippen molar-refractivity contribution in [2.45, 2.75) is 50.6 Å². The summed E-state index contributed by atoms with van der Waals surface area (Å²) in [4.78, 5) is 40.6. The zero-order valence-electron chi connectivity index (χ0n) is 17.3. The van der Waals surface area contributed by atoms with Crippen LogP contribution in [0.5, 0.6) is 0 Å². The second kappa shape index (κ2) is 7.18. The molecule has 2 N–H and O–H groups in total. The highest BCUT2D eigenvalue weighted by Gasteiger charge is 2.40. The van der Waals surface area contributed by atoms with E-state index in [1.807, 2.05) is 17.0 Å². The van der Waals surface area contributed by atoms with Crippen LogP contribution in [-0.2, 0) is 17.8 Å². The van der Waals surface area contributed by atoms with Crippen LogP contribution in [-0.4, -0.2) is 44.3 Å². The van der Waals surface area contributed by atoms with Crippen molar-refractivity contribution in [1.82, 2.24) is 25.2 Å². The predicted molar refractivity (Wildman–Crippen MR) is 115 cm³/mol. The van der Waals surface area contributed by atoms with Gasteiger partial charge in [-0.3, -0.25) is 9.59 Å². The molecule has 6 rings (SSSR count). The van der Waals surface area contributed by atoms with Gasteiger partial charge in [-0.15, -0.1) is 0 Å². The third-order valence-electron chi connectivity index (χ3n) is 6.73. The molecule has 0 saturated heterocycles. The molecule has 2 aliphatic carbocycles. The van der Waals surface area contributed by atoms with E-state index in [4.69, 9.17) is 4.98 Å². The van der Waals surface area contributed by atoms with Crippen molar-refractivity contribution in [2.24, 2.45) is 5.92 Å². The van der Waals surface area contributed by atoms with Crippen LogP contribution in [0.3, 0.4) is 0 Å². The lowest BCUT2D eigenvalue weighted by Gasteiger charge is -2.32. The maximum absolute atomic E-state index is 13.4. The molecule has 0 unspecified atom stereocenters. The van der Waals surface area contributed by atoms with Crippen LogP contribution in [0.4, 0.5) is 0 Å². The van der Waals surface area contributed by atoms with E-state index in [0.29, 0.717) is 35.7 Å². The average Bonchev–Trinajstić information content (AvgIpc) is 3.73. The lowest BCUT2D eigenvalue weighted by Crippen LogP contribution is -2.51. The van der Waals surface area contributed by atoms with E-state index in [1.54, 1.807) is 12.4 Å². The molecular formula is C24H25N5O2. The van der Waals surface area contributed by atoms with Crippen molar-refractivity contribution < 1.29 is 9.59 Å². The molecule has 0 radical (unpaired) electrons. The van der Waals surface area contributed by atoms with E-state index in [9.17, 15) is 9.59 Å². The highest BCUT2D eigenvalue weighted by atomic mass is 16.2. The Balaban J connectivity index is 1.23. The molecule has 2 aromatic heterocycles. The minimum atomic E-state index is -0.484. The maximum atomic E-state index is 13.4. The Morgan fingerprint density at radius 3 is 2.71 bits per heavy atom. The van der Waals surface area contributed by atoms with Crippen molar-refractivity contribution in [2.75, 3.05) is 6.54 Å². The first-order valence-corrected chi connectivity index (χ1v) is 11.2. The summed E-state index contributed by atoms with van der Waals surface area (Å²) in [5, 5.41) is 3.04. The molecule has 1 aromatic carbocycles. The molecule has 31 heavy (non-hydrogen) atoms. The lowest BCUT2D eigenvalue weighted by atomic mass is 9.99. The highest BCUT2D eigenvalue weighted by Crippen LogP contribution is 2.39. The Hall–Kier alpha value is -3.22. The van der Waals surface area contributed by atoms with E-state index in [0.717, 1.165) is 37.8 Å². The number of carbonyl (C=O) groups is 2. The van der Waals surface area contributed by atoms with Crippen molar-refractivity contribution in [3.8, 4) is 0 Å². The van der Waals surface area contributed by atoms with E-state index in [2.05, 4.69) is 27.4 Å². The van der Waals surface area contributed by atoms with E-state index in [-0.39, 0.29) is 17.7 Å². The number of hydrogen-bond donors (Lipinski definition) is 2. The van der Waals surface area contributed by atoms with Gasteiger partial charge in [0.05, 0.1) is 17.5 Å². The summed E-state index contributed by atoms with van der Waals surface area (Å²) in [5.41, 5.74) is 5.12. The summed E-state index contributed by atoms with van der Waals surface area (Å²) >= 11 is 0. The quantitative estimate of drug-likeness (QED) is 0.670. The zero-order valence-corrected chi connectivity index (χ0v) is 17.3. The molecule has 3 aromatic rings. The fourth-order valence-electron chi connectivity index (χ4n) is 4.56. The molecule has 3 heterocycles. The Morgan fingerprint density at radius 2 is 1.94 bits per heavy atom.